The molecule has 0 bridgehead atoms. The van der Waals surface area contributed by atoms with Crippen LogP contribution in [-0.2, 0) is 0 Å². The fourth-order valence-corrected chi connectivity index (χ4v) is 1.90. The summed E-state index contributed by atoms with van der Waals surface area (Å²) in [6, 6.07) is 3.46. The number of nitrogens with one attached hydrogen (secondary N) is 2. The molecule has 88 valence electrons. The molecule has 1 heterocycles. The molecule has 0 saturated heterocycles. The van der Waals surface area contributed by atoms with Gasteiger partial charge in [-0.25, -0.2) is 4.39 Å². The van der Waals surface area contributed by atoms with Crippen molar-refractivity contribution in [1.82, 2.24) is 0 Å². The van der Waals surface area contributed by atoms with E-state index in [0.717, 1.165) is 30.9 Å². The van der Waals surface area contributed by atoms with Crippen LogP contribution < -0.4 is 10.6 Å². The van der Waals surface area contributed by atoms with Crippen LogP contribution in [0.4, 0.5) is 15.8 Å². The van der Waals surface area contributed by atoms with Gasteiger partial charge in [-0.1, -0.05) is 13.8 Å². The molecule has 1 aliphatic heterocycles. The van der Waals surface area contributed by atoms with Gasteiger partial charge >= 0.3 is 0 Å². The summed E-state index contributed by atoms with van der Waals surface area (Å²) >= 11 is 0. The molecule has 1 aromatic rings. The Kier molecular flexibility index (Phi) is 2.78. The van der Waals surface area contributed by atoms with Crippen molar-refractivity contribution in [1.29, 1.82) is 0 Å². The van der Waals surface area contributed by atoms with Gasteiger partial charge < -0.3 is 10.6 Å². The van der Waals surface area contributed by atoms with Crippen LogP contribution in [0.2, 0.25) is 0 Å². The third kappa shape index (κ3) is 1.99. The van der Waals surface area contributed by atoms with Crippen LogP contribution in [-0.4, -0.2) is 13.1 Å². The van der Waals surface area contributed by atoms with Gasteiger partial charge in [0.05, 0.1) is 11.4 Å². The lowest BCUT2D eigenvalue weighted by molar-refractivity contribution is 0.361. The maximum absolute atomic E-state index is 13.4. The average Bonchev–Trinajstić information content (AvgIpc) is 2.42. The summed E-state index contributed by atoms with van der Waals surface area (Å²) in [5.41, 5.74) is 2.80. The van der Waals surface area contributed by atoms with Gasteiger partial charge in [0, 0.05) is 18.5 Å². The molecule has 3 heteroatoms. The van der Waals surface area contributed by atoms with Crippen molar-refractivity contribution in [3.8, 4) is 0 Å². The van der Waals surface area contributed by atoms with Gasteiger partial charge in [-0.15, -0.1) is 0 Å². The van der Waals surface area contributed by atoms with Crippen molar-refractivity contribution in [3.63, 3.8) is 0 Å². The summed E-state index contributed by atoms with van der Waals surface area (Å²) < 4.78 is 13.4. The Hall–Kier alpha value is -1.25. The molecule has 0 aliphatic carbocycles. The van der Waals surface area contributed by atoms with Crippen LogP contribution in [0.1, 0.15) is 25.8 Å². The predicted molar refractivity (Wildman–Crippen MR) is 66.5 cm³/mol. The van der Waals surface area contributed by atoms with Crippen molar-refractivity contribution in [3.05, 3.63) is 23.5 Å². The Morgan fingerprint density at radius 3 is 2.38 bits per heavy atom. The van der Waals surface area contributed by atoms with E-state index in [1.54, 1.807) is 13.0 Å². The highest BCUT2D eigenvalue weighted by atomic mass is 19.1. The number of hydrogen-bond donors (Lipinski definition) is 2. The fourth-order valence-electron chi connectivity index (χ4n) is 1.90. The van der Waals surface area contributed by atoms with E-state index in [2.05, 4.69) is 24.5 Å². The van der Waals surface area contributed by atoms with Crippen LogP contribution in [0.5, 0.6) is 0 Å². The molecule has 0 radical (unpaired) electrons. The maximum Gasteiger partial charge on any atom is 0.128 e. The van der Waals surface area contributed by atoms with Crippen molar-refractivity contribution in [2.45, 2.75) is 27.2 Å². The van der Waals surface area contributed by atoms with E-state index in [0.29, 0.717) is 5.56 Å². The minimum atomic E-state index is -0.145. The zero-order valence-corrected chi connectivity index (χ0v) is 10.2. The minimum absolute atomic E-state index is 0.145. The molecule has 1 unspecified atom stereocenters. The third-order valence-corrected chi connectivity index (χ3v) is 3.56. The summed E-state index contributed by atoms with van der Waals surface area (Å²) in [5.74, 6) is -0.145. The fraction of sp³-hybridized carbons (Fsp3) is 0.538. The van der Waals surface area contributed by atoms with E-state index < -0.39 is 0 Å². The minimum Gasteiger partial charge on any atom is -0.383 e. The summed E-state index contributed by atoms with van der Waals surface area (Å²) in [4.78, 5) is 0. The molecule has 1 atom stereocenters. The first-order valence-corrected chi connectivity index (χ1v) is 5.82. The van der Waals surface area contributed by atoms with Gasteiger partial charge in [0.2, 0.25) is 0 Å². The van der Waals surface area contributed by atoms with Crippen LogP contribution >= 0.6 is 0 Å². The molecule has 0 aromatic heterocycles. The van der Waals surface area contributed by atoms with E-state index in [9.17, 15) is 4.39 Å². The number of hydrogen-bond acceptors (Lipinski definition) is 2. The second-order valence-electron chi connectivity index (χ2n) is 5.02. The molecule has 2 nitrogen and oxygen atoms in total. The van der Waals surface area contributed by atoms with Crippen LogP contribution in [0.15, 0.2) is 12.1 Å². The zero-order valence-electron chi connectivity index (χ0n) is 10.2. The number of anilines is 2. The van der Waals surface area contributed by atoms with Crippen molar-refractivity contribution in [2.75, 3.05) is 23.7 Å². The molecule has 2 rings (SSSR count). The highest BCUT2D eigenvalue weighted by molar-refractivity contribution is 5.70. The van der Waals surface area contributed by atoms with Gasteiger partial charge in [-0.3, -0.25) is 0 Å². The van der Waals surface area contributed by atoms with E-state index in [-0.39, 0.29) is 11.2 Å². The van der Waals surface area contributed by atoms with E-state index in [4.69, 9.17) is 0 Å². The van der Waals surface area contributed by atoms with Crippen LogP contribution in [0, 0.1) is 18.2 Å². The Bertz CT molecular complexity index is 368. The van der Waals surface area contributed by atoms with Gasteiger partial charge in [0.15, 0.2) is 0 Å². The van der Waals surface area contributed by atoms with E-state index in [1.165, 1.54) is 0 Å². The van der Waals surface area contributed by atoms with E-state index >= 15 is 0 Å². The van der Waals surface area contributed by atoms with Gasteiger partial charge in [-0.2, -0.15) is 0 Å². The van der Waals surface area contributed by atoms with Crippen LogP contribution in [0.25, 0.3) is 0 Å². The Morgan fingerprint density at radius 2 is 1.81 bits per heavy atom. The number of fused-ring (bicyclic) bond motifs is 1. The van der Waals surface area contributed by atoms with Crippen molar-refractivity contribution in [2.24, 2.45) is 5.41 Å². The summed E-state index contributed by atoms with van der Waals surface area (Å²) in [6.07, 6.45) is 1.10. The third-order valence-electron chi connectivity index (χ3n) is 3.56. The SMILES string of the molecule is CCC1(C)CNc2cc(C)c(F)cc2NC1. The first kappa shape index (κ1) is 11.2. The number of aryl methyl sites for hydroxylation is 1. The molecule has 2 N–H and O–H groups in total. The first-order chi connectivity index (χ1) is 7.54. The van der Waals surface area contributed by atoms with Gasteiger partial charge in [0.1, 0.15) is 5.82 Å². The monoisotopic (exact) mass is 222 g/mol. The molecule has 16 heavy (non-hydrogen) atoms. The lowest BCUT2D eigenvalue weighted by Crippen LogP contribution is -2.30. The van der Waals surface area contributed by atoms with Crippen LogP contribution in [0.3, 0.4) is 0 Å². The number of rotatable bonds is 1. The molecular formula is C13H19FN2. The maximum atomic E-state index is 13.4. The first-order valence-electron chi connectivity index (χ1n) is 5.82. The largest absolute Gasteiger partial charge is 0.383 e. The normalized spacial score (nSPS) is 24.0. The smallest absolute Gasteiger partial charge is 0.128 e. The lowest BCUT2D eigenvalue weighted by atomic mass is 9.88. The zero-order chi connectivity index (χ0) is 11.8. The second-order valence-corrected chi connectivity index (χ2v) is 5.02. The molecule has 0 spiro atoms. The van der Waals surface area contributed by atoms with Gasteiger partial charge in [0.25, 0.3) is 0 Å². The number of halogens is 1. The van der Waals surface area contributed by atoms with Crippen molar-refractivity contribution >= 4 is 11.4 Å². The topological polar surface area (TPSA) is 24.1 Å². The lowest BCUT2D eigenvalue weighted by Gasteiger charge is -2.26. The Morgan fingerprint density at radius 1 is 1.25 bits per heavy atom. The Labute approximate surface area is 96.2 Å². The molecule has 1 aromatic carbocycles. The Balaban J connectivity index is 2.31. The van der Waals surface area contributed by atoms with Crippen molar-refractivity contribution < 1.29 is 4.39 Å². The van der Waals surface area contributed by atoms with Gasteiger partial charge in [-0.05, 0) is 31.0 Å². The quantitative estimate of drug-likeness (QED) is 0.761. The highest BCUT2D eigenvalue weighted by Crippen LogP contribution is 2.32. The molecule has 1 aliphatic rings. The molecule has 0 saturated carbocycles. The predicted octanol–water partition coefficient (Wildman–Crippen LogP) is 3.39. The summed E-state index contributed by atoms with van der Waals surface area (Å²) in [5, 5.41) is 6.74. The number of benzene rings is 1. The van der Waals surface area contributed by atoms with E-state index in [1.807, 2.05) is 6.07 Å². The molecule has 0 amide bonds. The standard InChI is InChI=1S/C13H19FN2/c1-4-13(3)7-15-11-5-9(2)10(14)6-12(11)16-8-13/h5-6,15-16H,4,7-8H2,1-3H3. The average molecular weight is 222 g/mol. The summed E-state index contributed by atoms with van der Waals surface area (Å²) in [7, 11) is 0. The highest BCUT2D eigenvalue weighted by Gasteiger charge is 2.25. The second kappa shape index (κ2) is 3.96. The molecule has 0 fully saturated rings. The molecular weight excluding hydrogens is 203 g/mol. The summed E-state index contributed by atoms with van der Waals surface area (Å²) in [6.45, 7) is 8.02.